The third kappa shape index (κ3) is 3.64. The monoisotopic (exact) mass is 353 g/mol. The van der Waals surface area contributed by atoms with E-state index < -0.39 is 10.0 Å². The zero-order chi connectivity index (χ0) is 14.6. The Bertz CT molecular complexity index is 713. The molecule has 7 heteroatoms. The molecule has 1 heterocycles. The number of aromatic nitrogens is 1. The molecule has 1 aromatic heterocycles. The van der Waals surface area contributed by atoms with Crippen molar-refractivity contribution < 1.29 is 8.42 Å². The van der Waals surface area contributed by atoms with Crippen LogP contribution in [0.2, 0.25) is 0 Å². The average molecular weight is 354 g/mol. The number of rotatable bonds is 4. The molecular weight excluding hydrogens is 342 g/mol. The van der Waals surface area contributed by atoms with E-state index in [4.69, 9.17) is 0 Å². The fraction of sp³-hybridized carbons (Fsp3) is 0.0769. The molecular formula is C13H12BrN3O2S. The van der Waals surface area contributed by atoms with Gasteiger partial charge in [-0.05, 0) is 43.3 Å². The van der Waals surface area contributed by atoms with Crippen molar-refractivity contribution in [3.8, 4) is 0 Å². The fourth-order valence-corrected chi connectivity index (χ4v) is 2.55. The average Bonchev–Trinajstić information content (AvgIpc) is 2.46. The highest BCUT2D eigenvalue weighted by atomic mass is 79.9. The zero-order valence-corrected chi connectivity index (χ0v) is 13.0. The molecule has 0 aliphatic rings. The number of nitrogens with zero attached hydrogens (tertiary/aromatic N) is 2. The van der Waals surface area contributed by atoms with Gasteiger partial charge >= 0.3 is 0 Å². The Labute approximate surface area is 125 Å². The molecule has 1 aromatic carbocycles. The van der Waals surface area contributed by atoms with Crippen LogP contribution in [-0.4, -0.2) is 19.1 Å². The number of hydrogen-bond donors (Lipinski definition) is 1. The molecule has 0 unspecified atom stereocenters. The molecule has 5 nitrogen and oxygen atoms in total. The summed E-state index contributed by atoms with van der Waals surface area (Å²) in [5.41, 5.74) is 1.11. The minimum Gasteiger partial charge on any atom is -0.255 e. The van der Waals surface area contributed by atoms with Gasteiger partial charge in [0.2, 0.25) is 0 Å². The molecule has 0 spiro atoms. The largest absolute Gasteiger partial charge is 0.276 e. The Kier molecular flexibility index (Phi) is 4.51. The van der Waals surface area contributed by atoms with Crippen molar-refractivity contribution in [1.29, 1.82) is 0 Å². The van der Waals surface area contributed by atoms with E-state index in [1.54, 1.807) is 37.4 Å². The normalized spacial score (nSPS) is 12.2. The molecule has 0 fully saturated rings. The number of hydrazone groups is 1. The summed E-state index contributed by atoms with van der Waals surface area (Å²) in [7, 11) is -3.67. The van der Waals surface area contributed by atoms with Gasteiger partial charge in [0.1, 0.15) is 0 Å². The number of pyridine rings is 1. The highest BCUT2D eigenvalue weighted by Gasteiger charge is 2.12. The summed E-state index contributed by atoms with van der Waals surface area (Å²) in [6.07, 6.45) is 1.62. The van der Waals surface area contributed by atoms with Gasteiger partial charge in [-0.2, -0.15) is 18.4 Å². The van der Waals surface area contributed by atoms with Crippen LogP contribution in [0.4, 0.5) is 0 Å². The van der Waals surface area contributed by atoms with E-state index in [2.05, 4.69) is 30.8 Å². The molecule has 2 rings (SSSR count). The van der Waals surface area contributed by atoms with Crippen LogP contribution < -0.4 is 4.83 Å². The highest BCUT2D eigenvalue weighted by molar-refractivity contribution is 9.10. The van der Waals surface area contributed by atoms with E-state index in [1.165, 1.54) is 12.1 Å². The second-order valence-corrected chi connectivity index (χ2v) is 6.54. The molecule has 0 bridgehead atoms. The first-order valence-electron chi connectivity index (χ1n) is 5.72. The van der Waals surface area contributed by atoms with Crippen molar-refractivity contribution in [2.75, 3.05) is 0 Å². The van der Waals surface area contributed by atoms with Crippen LogP contribution in [0.5, 0.6) is 0 Å². The number of halogens is 1. The summed E-state index contributed by atoms with van der Waals surface area (Å²) < 4.78 is 24.9. The lowest BCUT2D eigenvalue weighted by atomic mass is 10.3. The van der Waals surface area contributed by atoms with Gasteiger partial charge in [0.25, 0.3) is 10.0 Å². The molecule has 0 saturated heterocycles. The van der Waals surface area contributed by atoms with Gasteiger partial charge in [-0.3, -0.25) is 4.98 Å². The number of nitrogens with one attached hydrogen (secondary N) is 1. The van der Waals surface area contributed by atoms with Crippen molar-refractivity contribution in [1.82, 2.24) is 9.82 Å². The first kappa shape index (κ1) is 14.7. The Morgan fingerprint density at radius 3 is 2.50 bits per heavy atom. The second kappa shape index (κ2) is 6.15. The summed E-state index contributed by atoms with van der Waals surface area (Å²) in [6.45, 7) is 1.69. The molecule has 2 aromatic rings. The Hall–Kier alpha value is -1.73. The van der Waals surface area contributed by atoms with E-state index >= 15 is 0 Å². The summed E-state index contributed by atoms with van der Waals surface area (Å²) >= 11 is 3.25. The van der Waals surface area contributed by atoms with Gasteiger partial charge in [-0.1, -0.05) is 22.0 Å². The van der Waals surface area contributed by atoms with Crippen LogP contribution in [0.1, 0.15) is 12.6 Å². The zero-order valence-electron chi connectivity index (χ0n) is 10.6. The van der Waals surface area contributed by atoms with Gasteiger partial charge in [-0.25, -0.2) is 0 Å². The van der Waals surface area contributed by atoms with E-state index in [0.717, 1.165) is 4.47 Å². The van der Waals surface area contributed by atoms with Gasteiger partial charge in [0.15, 0.2) is 0 Å². The lowest BCUT2D eigenvalue weighted by Gasteiger charge is -2.05. The van der Waals surface area contributed by atoms with Crippen LogP contribution in [0.15, 0.2) is 63.1 Å². The molecule has 20 heavy (non-hydrogen) atoms. The van der Waals surface area contributed by atoms with Crippen molar-refractivity contribution in [2.24, 2.45) is 5.10 Å². The summed E-state index contributed by atoms with van der Waals surface area (Å²) in [4.78, 5) is 6.44. The maximum absolute atomic E-state index is 12.0. The van der Waals surface area contributed by atoms with Crippen LogP contribution in [0.3, 0.4) is 0 Å². The smallest absolute Gasteiger partial charge is 0.255 e. The molecule has 0 saturated carbocycles. The predicted octanol–water partition coefficient (Wildman–Crippen LogP) is 2.55. The van der Waals surface area contributed by atoms with Crippen LogP contribution in [0, 0.1) is 0 Å². The molecule has 1 N–H and O–H groups in total. The predicted molar refractivity (Wildman–Crippen MR) is 80.9 cm³/mol. The highest BCUT2D eigenvalue weighted by Crippen LogP contribution is 2.14. The Balaban J connectivity index is 2.19. The van der Waals surface area contributed by atoms with Crippen LogP contribution in [0.25, 0.3) is 0 Å². The molecule has 0 aliphatic carbocycles. The Morgan fingerprint density at radius 2 is 1.90 bits per heavy atom. The topological polar surface area (TPSA) is 71.4 Å². The van der Waals surface area contributed by atoms with E-state index in [9.17, 15) is 8.42 Å². The molecule has 0 radical (unpaired) electrons. The fourth-order valence-electron chi connectivity index (χ4n) is 1.43. The lowest BCUT2D eigenvalue weighted by Crippen LogP contribution is -2.20. The second-order valence-electron chi connectivity index (χ2n) is 3.96. The van der Waals surface area contributed by atoms with Crippen molar-refractivity contribution in [2.45, 2.75) is 11.8 Å². The van der Waals surface area contributed by atoms with E-state index in [-0.39, 0.29) is 4.90 Å². The Morgan fingerprint density at radius 1 is 1.20 bits per heavy atom. The molecule has 0 atom stereocenters. The van der Waals surface area contributed by atoms with Gasteiger partial charge in [0, 0.05) is 10.7 Å². The van der Waals surface area contributed by atoms with Crippen molar-refractivity contribution >= 4 is 31.7 Å². The first-order chi connectivity index (χ1) is 9.49. The maximum atomic E-state index is 12.0. The SMILES string of the molecule is CC(=NNS(=O)(=O)c1ccc(Br)cc1)c1ccccn1. The van der Waals surface area contributed by atoms with Gasteiger partial charge in [0.05, 0.1) is 16.3 Å². The molecule has 104 valence electrons. The van der Waals surface area contributed by atoms with Gasteiger partial charge < -0.3 is 0 Å². The van der Waals surface area contributed by atoms with Crippen LogP contribution >= 0.6 is 15.9 Å². The van der Waals surface area contributed by atoms with Crippen LogP contribution in [-0.2, 0) is 10.0 Å². The standard InChI is InChI=1S/C13H12BrN3O2S/c1-10(13-4-2-3-9-15-13)16-17-20(18,19)12-7-5-11(14)6-8-12/h2-9,17H,1H3. The summed E-state index contributed by atoms with van der Waals surface area (Å²) in [5.74, 6) is 0. The first-order valence-corrected chi connectivity index (χ1v) is 8.00. The maximum Gasteiger partial charge on any atom is 0.276 e. The summed E-state index contributed by atoms with van der Waals surface area (Å²) in [6, 6.07) is 11.7. The van der Waals surface area contributed by atoms with Crippen molar-refractivity contribution in [3.05, 3.63) is 58.8 Å². The van der Waals surface area contributed by atoms with Crippen molar-refractivity contribution in [3.63, 3.8) is 0 Å². The number of hydrogen-bond acceptors (Lipinski definition) is 4. The van der Waals surface area contributed by atoms with Gasteiger partial charge in [-0.15, -0.1) is 0 Å². The molecule has 0 amide bonds. The summed E-state index contributed by atoms with van der Waals surface area (Å²) in [5, 5.41) is 3.87. The minimum atomic E-state index is -3.67. The quantitative estimate of drug-likeness (QED) is 0.678. The van der Waals surface area contributed by atoms with E-state index in [1.807, 2.05) is 6.07 Å². The molecule has 0 aliphatic heterocycles. The van der Waals surface area contributed by atoms with E-state index in [0.29, 0.717) is 11.4 Å². The third-order valence-corrected chi connectivity index (χ3v) is 4.25. The minimum absolute atomic E-state index is 0.151. The number of benzene rings is 1. The number of sulfonamides is 1. The third-order valence-electron chi connectivity index (χ3n) is 2.49. The lowest BCUT2D eigenvalue weighted by molar-refractivity contribution is 0.584.